The van der Waals surface area contributed by atoms with Gasteiger partial charge in [-0.05, 0) is 43.2 Å². The molecule has 2 aromatic rings. The molecule has 0 aromatic heterocycles. The molecule has 0 unspecified atom stereocenters. The van der Waals surface area contributed by atoms with E-state index in [1.54, 1.807) is 0 Å². The molecule has 2 aromatic carbocycles. The Kier molecular flexibility index (Phi) is 6.24. The fourth-order valence-corrected chi connectivity index (χ4v) is 2.49. The first-order chi connectivity index (χ1) is 11.5. The lowest BCUT2D eigenvalue weighted by molar-refractivity contribution is -0.121. The Morgan fingerprint density at radius 3 is 2.21 bits per heavy atom. The molecular formula is C20H22FNO2. The van der Waals surface area contributed by atoms with Gasteiger partial charge in [0, 0.05) is 18.4 Å². The molecule has 4 heteroatoms. The Bertz CT molecular complexity index is 693. The molecule has 0 fully saturated rings. The van der Waals surface area contributed by atoms with Gasteiger partial charge in [-0.3, -0.25) is 9.59 Å². The summed E-state index contributed by atoms with van der Waals surface area (Å²) in [4.78, 5) is 24.1. The second kappa shape index (κ2) is 8.39. The first-order valence-corrected chi connectivity index (χ1v) is 8.14. The van der Waals surface area contributed by atoms with Gasteiger partial charge in [-0.25, -0.2) is 4.39 Å². The molecule has 3 nitrogen and oxygen atoms in total. The van der Waals surface area contributed by atoms with Crippen LogP contribution in [0.3, 0.4) is 0 Å². The summed E-state index contributed by atoms with van der Waals surface area (Å²) in [5.74, 6) is -0.695. The van der Waals surface area contributed by atoms with Crippen LogP contribution < -0.4 is 5.32 Å². The Morgan fingerprint density at radius 2 is 1.62 bits per heavy atom. The average Bonchev–Trinajstić information content (AvgIpc) is 2.59. The molecule has 0 heterocycles. The van der Waals surface area contributed by atoms with Crippen molar-refractivity contribution in [2.75, 3.05) is 0 Å². The Morgan fingerprint density at radius 1 is 1.00 bits per heavy atom. The van der Waals surface area contributed by atoms with Crippen molar-refractivity contribution in [1.29, 1.82) is 0 Å². The largest absolute Gasteiger partial charge is 0.349 e. The van der Waals surface area contributed by atoms with Gasteiger partial charge in [0.05, 0.1) is 6.04 Å². The summed E-state index contributed by atoms with van der Waals surface area (Å²) in [5.41, 5.74) is 2.65. The summed E-state index contributed by atoms with van der Waals surface area (Å²) in [5, 5.41) is 2.97. The molecule has 0 spiro atoms. The predicted molar refractivity (Wildman–Crippen MR) is 92.3 cm³/mol. The molecule has 1 amide bonds. The molecule has 1 atom stereocenters. The van der Waals surface area contributed by atoms with Crippen molar-refractivity contribution >= 4 is 11.7 Å². The topological polar surface area (TPSA) is 46.2 Å². The molecule has 0 saturated carbocycles. The van der Waals surface area contributed by atoms with Crippen LogP contribution in [-0.2, 0) is 4.79 Å². The van der Waals surface area contributed by atoms with Crippen LogP contribution in [0.25, 0.3) is 0 Å². The lowest BCUT2D eigenvalue weighted by Crippen LogP contribution is -2.28. The minimum absolute atomic E-state index is 0.0565. The van der Waals surface area contributed by atoms with Crippen LogP contribution in [0.2, 0.25) is 0 Å². The van der Waals surface area contributed by atoms with E-state index in [9.17, 15) is 14.0 Å². The van der Waals surface area contributed by atoms with Gasteiger partial charge in [-0.15, -0.1) is 0 Å². The van der Waals surface area contributed by atoms with E-state index in [1.165, 1.54) is 29.8 Å². The van der Waals surface area contributed by atoms with Crippen molar-refractivity contribution in [2.24, 2.45) is 0 Å². The molecule has 0 aliphatic carbocycles. The minimum atomic E-state index is -0.381. The van der Waals surface area contributed by atoms with E-state index in [0.29, 0.717) is 5.56 Å². The van der Waals surface area contributed by atoms with Crippen molar-refractivity contribution < 1.29 is 14.0 Å². The van der Waals surface area contributed by atoms with Crippen LogP contribution in [0.5, 0.6) is 0 Å². The molecule has 2 rings (SSSR count). The fourth-order valence-electron chi connectivity index (χ4n) is 2.49. The molecule has 0 aliphatic rings. The molecule has 0 aliphatic heterocycles. The van der Waals surface area contributed by atoms with Gasteiger partial charge in [0.15, 0.2) is 5.78 Å². The third-order valence-corrected chi connectivity index (χ3v) is 3.97. The summed E-state index contributed by atoms with van der Waals surface area (Å²) >= 11 is 0. The number of hydrogen-bond acceptors (Lipinski definition) is 2. The van der Waals surface area contributed by atoms with Crippen LogP contribution in [0.4, 0.5) is 4.39 Å². The number of nitrogens with one attached hydrogen (secondary N) is 1. The van der Waals surface area contributed by atoms with E-state index in [-0.39, 0.29) is 36.4 Å². The quantitative estimate of drug-likeness (QED) is 0.768. The number of Topliss-reactive ketones (excluding diaryl/α,β-unsaturated/α-hetero) is 1. The SMILES string of the molecule is CC[C@@H](NC(=O)CCC(=O)c1ccc(F)cc1)c1ccc(C)cc1. The maximum Gasteiger partial charge on any atom is 0.220 e. The number of aryl methyl sites for hydroxylation is 1. The zero-order valence-corrected chi connectivity index (χ0v) is 14.0. The van der Waals surface area contributed by atoms with Crippen LogP contribution >= 0.6 is 0 Å². The van der Waals surface area contributed by atoms with Gasteiger partial charge in [0.2, 0.25) is 5.91 Å². The summed E-state index contributed by atoms with van der Waals surface area (Å²) in [6, 6.07) is 13.4. The molecule has 126 valence electrons. The van der Waals surface area contributed by atoms with Crippen molar-refractivity contribution in [2.45, 2.75) is 39.2 Å². The van der Waals surface area contributed by atoms with E-state index in [4.69, 9.17) is 0 Å². The lowest BCUT2D eigenvalue weighted by atomic mass is 10.0. The number of halogens is 1. The van der Waals surface area contributed by atoms with Gasteiger partial charge in [-0.2, -0.15) is 0 Å². The van der Waals surface area contributed by atoms with E-state index < -0.39 is 0 Å². The normalized spacial score (nSPS) is 11.8. The van der Waals surface area contributed by atoms with Crippen LogP contribution in [-0.4, -0.2) is 11.7 Å². The van der Waals surface area contributed by atoms with Gasteiger partial charge in [0.1, 0.15) is 5.82 Å². The summed E-state index contributed by atoms with van der Waals surface area (Å²) in [7, 11) is 0. The van der Waals surface area contributed by atoms with Gasteiger partial charge in [0.25, 0.3) is 0 Å². The highest BCUT2D eigenvalue weighted by Crippen LogP contribution is 2.17. The number of ketones is 1. The zero-order chi connectivity index (χ0) is 17.5. The minimum Gasteiger partial charge on any atom is -0.349 e. The van der Waals surface area contributed by atoms with Crippen molar-refractivity contribution in [3.05, 3.63) is 71.0 Å². The summed E-state index contributed by atoms with van der Waals surface area (Å²) in [6.45, 7) is 4.03. The molecule has 24 heavy (non-hydrogen) atoms. The van der Waals surface area contributed by atoms with Gasteiger partial charge < -0.3 is 5.32 Å². The van der Waals surface area contributed by atoms with Crippen LogP contribution in [0, 0.1) is 12.7 Å². The molecular weight excluding hydrogens is 305 g/mol. The number of benzene rings is 2. The third-order valence-electron chi connectivity index (χ3n) is 3.97. The highest BCUT2D eigenvalue weighted by atomic mass is 19.1. The van der Waals surface area contributed by atoms with E-state index in [2.05, 4.69) is 5.32 Å². The van der Waals surface area contributed by atoms with Crippen molar-refractivity contribution in [3.8, 4) is 0 Å². The highest BCUT2D eigenvalue weighted by molar-refractivity contribution is 5.97. The summed E-state index contributed by atoms with van der Waals surface area (Å²) in [6.07, 6.45) is 1.01. The van der Waals surface area contributed by atoms with Gasteiger partial charge in [-0.1, -0.05) is 36.8 Å². The van der Waals surface area contributed by atoms with E-state index in [1.807, 2.05) is 38.1 Å². The maximum atomic E-state index is 12.9. The Balaban J connectivity index is 1.88. The first kappa shape index (κ1) is 17.9. The predicted octanol–water partition coefficient (Wildman–Crippen LogP) is 4.36. The van der Waals surface area contributed by atoms with E-state index in [0.717, 1.165) is 12.0 Å². The number of carbonyl (C=O) groups excluding carboxylic acids is 2. The van der Waals surface area contributed by atoms with Crippen LogP contribution in [0.15, 0.2) is 48.5 Å². The third kappa shape index (κ3) is 5.01. The number of hydrogen-bond donors (Lipinski definition) is 1. The first-order valence-electron chi connectivity index (χ1n) is 8.14. The number of amides is 1. The number of carbonyl (C=O) groups is 2. The van der Waals surface area contributed by atoms with E-state index >= 15 is 0 Å². The second-order valence-corrected chi connectivity index (χ2v) is 5.87. The monoisotopic (exact) mass is 327 g/mol. The molecule has 0 bridgehead atoms. The second-order valence-electron chi connectivity index (χ2n) is 5.87. The fraction of sp³-hybridized carbons (Fsp3) is 0.300. The lowest BCUT2D eigenvalue weighted by Gasteiger charge is -2.17. The van der Waals surface area contributed by atoms with Crippen molar-refractivity contribution in [1.82, 2.24) is 5.32 Å². The zero-order valence-electron chi connectivity index (χ0n) is 14.0. The smallest absolute Gasteiger partial charge is 0.220 e. The standard InChI is InChI=1S/C20H22FNO2/c1-3-18(15-6-4-14(2)5-7-15)22-20(24)13-12-19(23)16-8-10-17(21)11-9-16/h4-11,18H,3,12-13H2,1-2H3,(H,22,24)/t18-/m1/s1. The highest BCUT2D eigenvalue weighted by Gasteiger charge is 2.14. The van der Waals surface area contributed by atoms with Crippen LogP contribution in [0.1, 0.15) is 53.7 Å². The average molecular weight is 327 g/mol. The Labute approximate surface area is 141 Å². The van der Waals surface area contributed by atoms with Gasteiger partial charge >= 0.3 is 0 Å². The van der Waals surface area contributed by atoms with Crippen molar-refractivity contribution in [3.63, 3.8) is 0 Å². The summed E-state index contributed by atoms with van der Waals surface area (Å²) < 4.78 is 12.9. The maximum absolute atomic E-state index is 12.9. The Hall–Kier alpha value is -2.49. The molecule has 0 radical (unpaired) electrons. The number of rotatable bonds is 7. The molecule has 0 saturated heterocycles. The molecule has 1 N–H and O–H groups in total.